The zero-order chi connectivity index (χ0) is 19.7. The van der Waals surface area contributed by atoms with Crippen LogP contribution in [-0.2, 0) is 32.6 Å². The Kier molecular flexibility index (Phi) is 8.66. The van der Waals surface area contributed by atoms with Gasteiger partial charge in [-0.1, -0.05) is 11.6 Å². The number of benzene rings is 1. The number of sulfonamides is 1. The van der Waals surface area contributed by atoms with E-state index >= 15 is 0 Å². The zero-order valence-electron chi connectivity index (χ0n) is 14.1. The Morgan fingerprint density at radius 1 is 1.46 bits per heavy atom. The van der Waals surface area contributed by atoms with Crippen molar-refractivity contribution in [3.8, 4) is 0 Å². The second kappa shape index (κ2) is 10.2. The van der Waals surface area contributed by atoms with Crippen LogP contribution in [0.3, 0.4) is 0 Å². The molecule has 0 atom stereocenters. The molecule has 2 N–H and O–H groups in total. The highest BCUT2D eigenvalue weighted by atomic mass is 35.5. The molecule has 8 nitrogen and oxygen atoms in total. The lowest BCUT2D eigenvalue weighted by molar-refractivity contribution is -0.122. The number of rotatable bonds is 7. The summed E-state index contributed by atoms with van der Waals surface area (Å²) in [6, 6.07) is 2.20. The number of aryl methyl sites for hydroxylation is 1. The molecule has 0 spiro atoms. The molecule has 1 aromatic heterocycles. The van der Waals surface area contributed by atoms with Gasteiger partial charge in [0.15, 0.2) is 0 Å². The van der Waals surface area contributed by atoms with E-state index in [1.807, 2.05) is 0 Å². The molecular weight excluding hydrogens is 389 g/mol. The first-order chi connectivity index (χ1) is 12.3. The molecule has 0 amide bonds. The van der Waals surface area contributed by atoms with E-state index in [0.717, 1.165) is 6.07 Å². The van der Waals surface area contributed by atoms with Crippen molar-refractivity contribution in [2.24, 2.45) is 0 Å². The summed E-state index contributed by atoms with van der Waals surface area (Å²) < 4.78 is 47.3. The third-order valence-electron chi connectivity index (χ3n) is 3.28. The number of hydrogen-bond acceptors (Lipinski definition) is 5. The molecule has 0 aliphatic heterocycles. The Bertz CT molecular complexity index is 842. The van der Waals surface area contributed by atoms with Gasteiger partial charge in [0.1, 0.15) is 10.7 Å². The summed E-state index contributed by atoms with van der Waals surface area (Å²) in [7, 11) is -2.28. The third-order valence-corrected chi connectivity index (χ3v) is 5.15. The van der Waals surface area contributed by atoms with Gasteiger partial charge in [0.05, 0.1) is 30.2 Å². The van der Waals surface area contributed by atoms with Crippen LogP contribution < -0.4 is 4.72 Å². The van der Waals surface area contributed by atoms with Gasteiger partial charge >= 0.3 is 0 Å². The van der Waals surface area contributed by atoms with Crippen LogP contribution in [0.4, 0.5) is 4.39 Å². The number of carboxylic acid groups (broad SMARTS) is 1. The molecule has 2 aromatic rings. The van der Waals surface area contributed by atoms with Crippen molar-refractivity contribution < 1.29 is 27.4 Å². The Morgan fingerprint density at radius 3 is 2.73 bits per heavy atom. The molecule has 0 bridgehead atoms. The molecule has 1 aromatic carbocycles. The molecule has 1 heterocycles. The number of hydrogen-bond donors (Lipinski definition) is 2. The lowest BCUT2D eigenvalue weighted by Crippen LogP contribution is -2.25. The molecule has 26 heavy (non-hydrogen) atoms. The van der Waals surface area contributed by atoms with Crippen LogP contribution in [0.5, 0.6) is 0 Å². The van der Waals surface area contributed by atoms with Crippen LogP contribution in [0.15, 0.2) is 29.6 Å². The number of methoxy groups -OCH3 is 1. The van der Waals surface area contributed by atoms with Gasteiger partial charge in [-0.15, -0.1) is 0 Å². The van der Waals surface area contributed by atoms with Gasteiger partial charge in [0.2, 0.25) is 10.0 Å². The maximum absolute atomic E-state index is 13.4. The Labute approximate surface area is 155 Å². The SMILES string of the molecule is COCCn1cncc1CNS(=O)(=O)c1cc(C)c(F)cc1Cl.O=CO. The minimum Gasteiger partial charge on any atom is -0.483 e. The third kappa shape index (κ3) is 6.06. The molecule has 0 aliphatic carbocycles. The topological polar surface area (TPSA) is 111 Å². The van der Waals surface area contributed by atoms with Gasteiger partial charge < -0.3 is 14.4 Å². The Morgan fingerprint density at radius 2 is 2.12 bits per heavy atom. The number of imidazole rings is 1. The average molecular weight is 408 g/mol. The highest BCUT2D eigenvalue weighted by Gasteiger charge is 2.20. The molecule has 11 heteroatoms. The van der Waals surface area contributed by atoms with E-state index in [1.165, 1.54) is 13.0 Å². The Balaban J connectivity index is 0.00000105. The number of nitrogens with one attached hydrogen (secondary N) is 1. The molecule has 0 aliphatic rings. The van der Waals surface area contributed by atoms with Crippen molar-refractivity contribution in [2.45, 2.75) is 24.9 Å². The van der Waals surface area contributed by atoms with Crippen LogP contribution in [-0.4, -0.2) is 43.3 Å². The maximum atomic E-state index is 13.4. The van der Waals surface area contributed by atoms with E-state index in [1.54, 1.807) is 24.2 Å². The van der Waals surface area contributed by atoms with Gasteiger partial charge in [-0.2, -0.15) is 0 Å². The van der Waals surface area contributed by atoms with E-state index in [4.69, 9.17) is 26.2 Å². The molecule has 2 rings (SSSR count). The van der Waals surface area contributed by atoms with Gasteiger partial charge in [-0.05, 0) is 24.6 Å². The van der Waals surface area contributed by atoms with Crippen LogP contribution >= 0.6 is 11.6 Å². The molecule has 144 valence electrons. The number of nitrogens with zero attached hydrogens (tertiary/aromatic N) is 2. The van der Waals surface area contributed by atoms with Crippen molar-refractivity contribution in [1.29, 1.82) is 0 Å². The highest BCUT2D eigenvalue weighted by Crippen LogP contribution is 2.24. The molecular formula is C15H19ClFN3O5S. The number of halogens is 2. The summed E-state index contributed by atoms with van der Waals surface area (Å²) in [5.41, 5.74) is 0.889. The maximum Gasteiger partial charge on any atom is 0.290 e. The van der Waals surface area contributed by atoms with Crippen molar-refractivity contribution in [3.05, 3.63) is 46.8 Å². The molecule has 0 fully saturated rings. The summed E-state index contributed by atoms with van der Waals surface area (Å²) >= 11 is 5.85. The first kappa shape index (κ1) is 22.0. The minimum atomic E-state index is -3.86. The van der Waals surface area contributed by atoms with E-state index in [9.17, 15) is 12.8 Å². The minimum absolute atomic E-state index is 0.0405. The molecule has 0 unspecified atom stereocenters. The fourth-order valence-electron chi connectivity index (χ4n) is 1.97. The summed E-state index contributed by atoms with van der Waals surface area (Å²) in [6.45, 7) is 2.31. The van der Waals surface area contributed by atoms with Crippen LogP contribution in [0.2, 0.25) is 5.02 Å². The normalized spacial score (nSPS) is 10.9. The molecule has 0 saturated heterocycles. The van der Waals surface area contributed by atoms with Crippen molar-refractivity contribution in [2.75, 3.05) is 13.7 Å². The van der Waals surface area contributed by atoms with E-state index in [0.29, 0.717) is 18.8 Å². The predicted octanol–water partition coefficient (Wildman–Crippen LogP) is 1.81. The molecule has 0 radical (unpaired) electrons. The van der Waals surface area contributed by atoms with E-state index < -0.39 is 15.8 Å². The molecule has 0 saturated carbocycles. The van der Waals surface area contributed by atoms with Crippen molar-refractivity contribution >= 4 is 28.1 Å². The fraction of sp³-hybridized carbons (Fsp3) is 0.333. The number of ether oxygens (including phenoxy) is 1. The largest absolute Gasteiger partial charge is 0.483 e. The van der Waals surface area contributed by atoms with Crippen LogP contribution in [0.1, 0.15) is 11.3 Å². The Hall–Kier alpha value is -2.01. The van der Waals surface area contributed by atoms with Gasteiger partial charge in [-0.3, -0.25) is 4.79 Å². The lowest BCUT2D eigenvalue weighted by Gasteiger charge is -2.11. The summed E-state index contributed by atoms with van der Waals surface area (Å²) in [5.74, 6) is -0.549. The zero-order valence-corrected chi connectivity index (χ0v) is 15.7. The average Bonchev–Trinajstić information content (AvgIpc) is 3.02. The first-order valence-corrected chi connectivity index (χ1v) is 9.14. The van der Waals surface area contributed by atoms with Crippen LogP contribution in [0, 0.1) is 12.7 Å². The first-order valence-electron chi connectivity index (χ1n) is 7.28. The van der Waals surface area contributed by atoms with Gasteiger partial charge in [0, 0.05) is 19.9 Å². The lowest BCUT2D eigenvalue weighted by atomic mass is 10.2. The van der Waals surface area contributed by atoms with Crippen LogP contribution in [0.25, 0.3) is 0 Å². The smallest absolute Gasteiger partial charge is 0.290 e. The number of aromatic nitrogens is 2. The second-order valence-corrected chi connectivity index (χ2v) is 7.18. The fourth-order valence-corrected chi connectivity index (χ4v) is 3.57. The number of carbonyl (C=O) groups is 1. The van der Waals surface area contributed by atoms with Gasteiger partial charge in [-0.25, -0.2) is 22.5 Å². The van der Waals surface area contributed by atoms with Crippen molar-refractivity contribution in [3.63, 3.8) is 0 Å². The van der Waals surface area contributed by atoms with Crippen molar-refractivity contribution in [1.82, 2.24) is 14.3 Å². The predicted molar refractivity (Wildman–Crippen MR) is 93.0 cm³/mol. The van der Waals surface area contributed by atoms with Gasteiger partial charge in [0.25, 0.3) is 6.47 Å². The standard InChI is InChI=1S/C14H17ClFN3O3S.CH2O2/c1-10-5-14(12(15)6-13(10)16)23(20,21)18-8-11-7-17-9-19(11)3-4-22-2;2-1-3/h5-7,9,18H,3-4,8H2,1-2H3;1H,(H,2,3). The summed E-state index contributed by atoms with van der Waals surface area (Å²) in [4.78, 5) is 12.2. The second-order valence-electron chi connectivity index (χ2n) is 5.03. The highest BCUT2D eigenvalue weighted by molar-refractivity contribution is 7.89. The monoisotopic (exact) mass is 407 g/mol. The van der Waals surface area contributed by atoms with E-state index in [2.05, 4.69) is 9.71 Å². The van der Waals surface area contributed by atoms with E-state index in [-0.39, 0.29) is 28.5 Å². The summed E-state index contributed by atoms with van der Waals surface area (Å²) in [5, 5.41) is 6.73. The summed E-state index contributed by atoms with van der Waals surface area (Å²) in [6.07, 6.45) is 3.16. The quantitative estimate of drug-likeness (QED) is 0.677.